The van der Waals surface area contributed by atoms with Gasteiger partial charge in [0.2, 0.25) is 11.9 Å². The molecule has 2 aromatic heterocycles. The molecule has 5 rings (SSSR count). The number of carbonyl (C=O) groups excluding carboxylic acids is 1. The third kappa shape index (κ3) is 4.17. The van der Waals surface area contributed by atoms with E-state index in [0.717, 1.165) is 47.5 Å². The molecule has 0 spiro atoms. The number of hydrogen-bond acceptors (Lipinski definition) is 6. The van der Waals surface area contributed by atoms with Crippen LogP contribution in [0.4, 0.5) is 11.6 Å². The summed E-state index contributed by atoms with van der Waals surface area (Å²) in [4.78, 5) is 25.9. The molecular weight excluding hydrogens is 402 g/mol. The predicted octanol–water partition coefficient (Wildman–Crippen LogP) is 3.68. The van der Waals surface area contributed by atoms with E-state index in [1.54, 1.807) is 12.5 Å². The maximum atomic E-state index is 12.4. The van der Waals surface area contributed by atoms with Gasteiger partial charge in [-0.15, -0.1) is 0 Å². The van der Waals surface area contributed by atoms with Crippen molar-refractivity contribution >= 4 is 28.6 Å². The lowest BCUT2D eigenvalue weighted by atomic mass is 10.1. The van der Waals surface area contributed by atoms with Crippen LogP contribution >= 0.6 is 0 Å². The second kappa shape index (κ2) is 8.76. The van der Waals surface area contributed by atoms with Crippen molar-refractivity contribution in [2.45, 2.75) is 31.8 Å². The van der Waals surface area contributed by atoms with Gasteiger partial charge in [-0.05, 0) is 56.1 Å². The van der Waals surface area contributed by atoms with E-state index in [4.69, 9.17) is 0 Å². The van der Waals surface area contributed by atoms with Crippen molar-refractivity contribution in [1.82, 2.24) is 24.8 Å². The van der Waals surface area contributed by atoms with Gasteiger partial charge in [-0.1, -0.05) is 30.3 Å². The molecular formula is C24H25N7O. The fraction of sp³-hybridized carbons (Fsp3) is 0.250. The van der Waals surface area contributed by atoms with Crippen LogP contribution in [-0.2, 0) is 4.79 Å². The van der Waals surface area contributed by atoms with Crippen LogP contribution in [0.5, 0.6) is 0 Å². The number of hydrogen-bond donors (Lipinski definition) is 3. The monoisotopic (exact) mass is 427 g/mol. The van der Waals surface area contributed by atoms with Crippen LogP contribution in [0.2, 0.25) is 0 Å². The summed E-state index contributed by atoms with van der Waals surface area (Å²) >= 11 is 0. The highest BCUT2D eigenvalue weighted by Gasteiger charge is 2.22. The van der Waals surface area contributed by atoms with E-state index < -0.39 is 0 Å². The molecule has 1 aliphatic heterocycles. The van der Waals surface area contributed by atoms with E-state index >= 15 is 0 Å². The quantitative estimate of drug-likeness (QED) is 0.434. The lowest BCUT2D eigenvalue weighted by Crippen LogP contribution is -2.35. The van der Waals surface area contributed by atoms with Gasteiger partial charge >= 0.3 is 0 Å². The Morgan fingerprint density at radius 3 is 2.84 bits per heavy atom. The minimum Gasteiger partial charge on any atom is -0.348 e. The van der Waals surface area contributed by atoms with Gasteiger partial charge in [0.25, 0.3) is 0 Å². The number of benzene rings is 2. The van der Waals surface area contributed by atoms with Gasteiger partial charge in [0, 0.05) is 11.9 Å². The molecule has 162 valence electrons. The number of carbonyl (C=O) groups is 1. The Morgan fingerprint density at radius 2 is 2.03 bits per heavy atom. The largest absolute Gasteiger partial charge is 0.348 e. The van der Waals surface area contributed by atoms with Gasteiger partial charge in [0.05, 0.1) is 23.1 Å². The summed E-state index contributed by atoms with van der Waals surface area (Å²) in [5, 5.41) is 9.56. The van der Waals surface area contributed by atoms with Gasteiger partial charge in [0.1, 0.15) is 12.1 Å². The molecule has 1 saturated heterocycles. The fourth-order valence-electron chi connectivity index (χ4n) is 3.98. The Labute approximate surface area is 186 Å². The lowest BCUT2D eigenvalue weighted by molar-refractivity contribution is -0.117. The molecule has 0 radical (unpaired) electrons. The molecule has 8 heteroatoms. The number of aromatic nitrogens is 4. The highest BCUT2D eigenvalue weighted by Crippen LogP contribution is 2.22. The Balaban J connectivity index is 1.35. The zero-order valence-electron chi connectivity index (χ0n) is 17.8. The lowest BCUT2D eigenvalue weighted by Gasteiger charge is -2.14. The number of nitrogens with one attached hydrogen (secondary N) is 3. The standard InChI is InChI=1S/C24H25N7O/c1-16(17-6-3-2-4-7-17)28-24-26-13-11-22(30-24)31-15-27-20-14-18(9-10-21(20)31)29-23(32)19-8-5-12-25-19/h2-4,6-7,9-11,13-16,19,25H,5,8,12H2,1H3,(H,29,32)(H,26,28,30). The molecule has 2 aromatic carbocycles. The van der Waals surface area contributed by atoms with E-state index in [2.05, 4.69) is 50.0 Å². The normalized spacial score (nSPS) is 16.7. The van der Waals surface area contributed by atoms with Gasteiger partial charge in [0.15, 0.2) is 0 Å². The van der Waals surface area contributed by atoms with Crippen molar-refractivity contribution in [3.63, 3.8) is 0 Å². The second-order valence-electron chi connectivity index (χ2n) is 7.97. The number of amides is 1. The first kappa shape index (κ1) is 20.1. The first-order chi connectivity index (χ1) is 15.7. The molecule has 0 saturated carbocycles. The van der Waals surface area contributed by atoms with E-state index in [0.29, 0.717) is 5.95 Å². The van der Waals surface area contributed by atoms with Crippen molar-refractivity contribution in [3.8, 4) is 5.82 Å². The van der Waals surface area contributed by atoms with Crippen LogP contribution < -0.4 is 16.0 Å². The Kier molecular flexibility index (Phi) is 5.51. The zero-order chi connectivity index (χ0) is 21.9. The number of nitrogens with zero attached hydrogens (tertiary/aromatic N) is 4. The zero-order valence-corrected chi connectivity index (χ0v) is 17.8. The maximum absolute atomic E-state index is 12.4. The summed E-state index contributed by atoms with van der Waals surface area (Å²) in [7, 11) is 0. The van der Waals surface area contributed by atoms with Crippen LogP contribution in [0.15, 0.2) is 67.1 Å². The topological polar surface area (TPSA) is 96.8 Å². The molecule has 1 amide bonds. The van der Waals surface area contributed by atoms with E-state index in [1.807, 2.05) is 47.0 Å². The Morgan fingerprint density at radius 1 is 1.16 bits per heavy atom. The molecule has 32 heavy (non-hydrogen) atoms. The number of rotatable bonds is 6. The van der Waals surface area contributed by atoms with E-state index in [1.165, 1.54) is 0 Å². The highest BCUT2D eigenvalue weighted by atomic mass is 16.2. The van der Waals surface area contributed by atoms with Crippen molar-refractivity contribution in [3.05, 3.63) is 72.7 Å². The molecule has 2 atom stereocenters. The van der Waals surface area contributed by atoms with Gasteiger partial charge in [-0.2, -0.15) is 4.98 Å². The fourth-order valence-corrected chi connectivity index (χ4v) is 3.98. The van der Waals surface area contributed by atoms with E-state index in [9.17, 15) is 4.79 Å². The van der Waals surface area contributed by atoms with Crippen molar-refractivity contribution in [1.29, 1.82) is 0 Å². The number of imidazole rings is 1. The minimum atomic E-state index is -0.117. The predicted molar refractivity (Wildman–Crippen MR) is 125 cm³/mol. The minimum absolute atomic E-state index is 0.000310. The van der Waals surface area contributed by atoms with Crippen molar-refractivity contribution in [2.75, 3.05) is 17.2 Å². The molecule has 1 aliphatic rings. The van der Waals surface area contributed by atoms with Crippen LogP contribution in [0.1, 0.15) is 31.4 Å². The maximum Gasteiger partial charge on any atom is 0.241 e. The first-order valence-electron chi connectivity index (χ1n) is 10.8. The summed E-state index contributed by atoms with van der Waals surface area (Å²) in [6, 6.07) is 17.7. The number of fused-ring (bicyclic) bond motifs is 1. The average Bonchev–Trinajstić information content (AvgIpc) is 3.50. The van der Waals surface area contributed by atoms with Crippen LogP contribution in [-0.4, -0.2) is 38.0 Å². The Bertz CT molecular complexity index is 1230. The van der Waals surface area contributed by atoms with Crippen LogP contribution in [0, 0.1) is 0 Å². The van der Waals surface area contributed by atoms with Gasteiger partial charge < -0.3 is 16.0 Å². The van der Waals surface area contributed by atoms with Gasteiger partial charge in [-0.3, -0.25) is 9.36 Å². The summed E-state index contributed by atoms with van der Waals surface area (Å²) < 4.78 is 1.92. The summed E-state index contributed by atoms with van der Waals surface area (Å²) in [5.74, 6) is 1.27. The molecule has 8 nitrogen and oxygen atoms in total. The SMILES string of the molecule is CC(Nc1nccc(-n2cnc3cc(NC(=O)C4CCCN4)ccc32)n1)c1ccccc1. The van der Waals surface area contributed by atoms with Crippen molar-refractivity contribution < 1.29 is 4.79 Å². The number of anilines is 2. The molecule has 0 bridgehead atoms. The van der Waals surface area contributed by atoms with E-state index in [-0.39, 0.29) is 18.0 Å². The first-order valence-corrected chi connectivity index (χ1v) is 10.8. The smallest absolute Gasteiger partial charge is 0.241 e. The van der Waals surface area contributed by atoms with Gasteiger partial charge in [-0.25, -0.2) is 9.97 Å². The average molecular weight is 428 g/mol. The summed E-state index contributed by atoms with van der Waals surface area (Å²) in [5.41, 5.74) is 3.59. The summed E-state index contributed by atoms with van der Waals surface area (Å²) in [6.45, 7) is 2.97. The molecule has 3 N–H and O–H groups in total. The third-order valence-corrected chi connectivity index (χ3v) is 5.72. The summed E-state index contributed by atoms with van der Waals surface area (Å²) in [6.07, 6.45) is 5.37. The molecule has 4 aromatic rings. The molecule has 2 unspecified atom stereocenters. The molecule has 0 aliphatic carbocycles. The van der Waals surface area contributed by atoms with Crippen LogP contribution in [0.3, 0.4) is 0 Å². The third-order valence-electron chi connectivity index (χ3n) is 5.72. The molecule has 1 fully saturated rings. The Hall–Kier alpha value is -3.78. The second-order valence-corrected chi connectivity index (χ2v) is 7.97. The molecule has 3 heterocycles. The highest BCUT2D eigenvalue weighted by molar-refractivity contribution is 5.96. The van der Waals surface area contributed by atoms with Crippen LogP contribution in [0.25, 0.3) is 16.9 Å². The van der Waals surface area contributed by atoms with Crippen molar-refractivity contribution in [2.24, 2.45) is 0 Å².